The summed E-state index contributed by atoms with van der Waals surface area (Å²) in [5.41, 5.74) is 1.72. The predicted molar refractivity (Wildman–Crippen MR) is 139 cm³/mol. The van der Waals surface area contributed by atoms with Gasteiger partial charge in [-0.1, -0.05) is 56.7 Å². The maximum Gasteiger partial charge on any atom is 0.243 e. The second kappa shape index (κ2) is 11.5. The monoisotopic (exact) mass is 519 g/mol. The Morgan fingerprint density at radius 1 is 0.971 bits per heavy atom. The maximum atomic E-state index is 13.1. The lowest BCUT2D eigenvalue weighted by molar-refractivity contribution is -0.118. The van der Waals surface area contributed by atoms with Gasteiger partial charge in [-0.2, -0.15) is 9.03 Å². The fraction of sp³-hybridized carbons (Fsp3) is 0.400. The van der Waals surface area contributed by atoms with Gasteiger partial charge in [-0.25, -0.2) is 16.8 Å². The van der Waals surface area contributed by atoms with Gasteiger partial charge in [-0.05, 0) is 55.0 Å². The minimum Gasteiger partial charge on any atom is -0.324 e. The number of anilines is 1. The van der Waals surface area contributed by atoms with Crippen LogP contribution in [-0.2, 0) is 24.8 Å². The Balaban J connectivity index is 1.78. The van der Waals surface area contributed by atoms with E-state index in [9.17, 15) is 21.6 Å². The minimum atomic E-state index is -3.91. The molecule has 1 saturated heterocycles. The topological polar surface area (TPSA) is 113 Å². The lowest BCUT2D eigenvalue weighted by Gasteiger charge is -2.26. The zero-order chi connectivity index (χ0) is 25.6. The van der Waals surface area contributed by atoms with Gasteiger partial charge in [0, 0.05) is 24.2 Å². The molecule has 1 aliphatic heterocycles. The molecule has 3 rings (SSSR count). The SMILES string of the molecule is Cc1ccc(S(=O)(=O)N2CCCCC2)cc1NC(=O)[C@@H](NS(=O)(=O)C=Cc1ccccc1)C(C)C. The Morgan fingerprint density at radius 2 is 1.63 bits per heavy atom. The van der Waals surface area contributed by atoms with E-state index in [4.69, 9.17) is 0 Å². The van der Waals surface area contributed by atoms with Crippen molar-refractivity contribution in [2.75, 3.05) is 18.4 Å². The summed E-state index contributed by atoms with van der Waals surface area (Å²) in [5, 5.41) is 3.76. The van der Waals surface area contributed by atoms with Crippen LogP contribution in [0.4, 0.5) is 5.69 Å². The molecule has 0 aliphatic carbocycles. The second-order valence-corrected chi connectivity index (χ2v) is 12.6. The zero-order valence-electron chi connectivity index (χ0n) is 20.3. The molecule has 0 unspecified atom stereocenters. The van der Waals surface area contributed by atoms with Crippen LogP contribution in [0.15, 0.2) is 58.8 Å². The number of aryl methyl sites for hydroxylation is 1. The van der Waals surface area contributed by atoms with Crippen LogP contribution in [0.5, 0.6) is 0 Å². The molecule has 0 bridgehead atoms. The van der Waals surface area contributed by atoms with Gasteiger partial charge in [0.1, 0.15) is 6.04 Å². The fourth-order valence-electron chi connectivity index (χ4n) is 3.80. The van der Waals surface area contributed by atoms with Crippen LogP contribution in [0.1, 0.15) is 44.2 Å². The van der Waals surface area contributed by atoms with Crippen LogP contribution < -0.4 is 10.0 Å². The van der Waals surface area contributed by atoms with Gasteiger partial charge >= 0.3 is 0 Å². The van der Waals surface area contributed by atoms with Crippen LogP contribution in [0, 0.1) is 12.8 Å². The van der Waals surface area contributed by atoms with E-state index in [1.807, 2.05) is 6.07 Å². The number of hydrogen-bond donors (Lipinski definition) is 2. The summed E-state index contributed by atoms with van der Waals surface area (Å²) in [7, 11) is -7.59. The number of hydrogen-bond acceptors (Lipinski definition) is 5. The highest BCUT2D eigenvalue weighted by Crippen LogP contribution is 2.25. The predicted octanol–water partition coefficient (Wildman–Crippen LogP) is 3.72. The van der Waals surface area contributed by atoms with Gasteiger partial charge in [-0.3, -0.25) is 4.79 Å². The molecule has 0 saturated carbocycles. The number of nitrogens with zero attached hydrogens (tertiary/aromatic N) is 1. The van der Waals surface area contributed by atoms with E-state index in [1.54, 1.807) is 51.1 Å². The number of rotatable bonds is 9. The number of amides is 1. The molecular formula is C25H33N3O5S2. The summed E-state index contributed by atoms with van der Waals surface area (Å²) in [6.07, 6.45) is 4.11. The third-order valence-electron chi connectivity index (χ3n) is 5.90. The Bertz CT molecular complexity index is 1270. The van der Waals surface area contributed by atoms with Crippen LogP contribution in [0.25, 0.3) is 6.08 Å². The van der Waals surface area contributed by atoms with Crippen molar-refractivity contribution in [2.45, 2.75) is 51.0 Å². The van der Waals surface area contributed by atoms with Crippen molar-refractivity contribution in [2.24, 2.45) is 5.92 Å². The molecule has 1 aliphatic rings. The molecule has 1 amide bonds. The van der Waals surface area contributed by atoms with E-state index in [0.717, 1.165) is 24.7 Å². The molecular weight excluding hydrogens is 486 g/mol. The number of benzene rings is 2. The van der Waals surface area contributed by atoms with Crippen molar-refractivity contribution in [3.8, 4) is 0 Å². The number of sulfonamides is 2. The first-order chi connectivity index (χ1) is 16.5. The van der Waals surface area contributed by atoms with Gasteiger partial charge in [0.2, 0.25) is 26.0 Å². The molecule has 2 N–H and O–H groups in total. The third-order valence-corrected chi connectivity index (χ3v) is 8.87. The summed E-state index contributed by atoms with van der Waals surface area (Å²) in [5.74, 6) is -0.914. The summed E-state index contributed by atoms with van der Waals surface area (Å²) < 4.78 is 55.3. The quantitative estimate of drug-likeness (QED) is 0.524. The molecule has 8 nitrogen and oxygen atoms in total. The van der Waals surface area contributed by atoms with Crippen LogP contribution in [-0.4, -0.2) is 46.2 Å². The third kappa shape index (κ3) is 7.23. The highest BCUT2D eigenvalue weighted by molar-refractivity contribution is 7.92. The van der Waals surface area contributed by atoms with Crippen molar-refractivity contribution in [3.05, 3.63) is 65.1 Å². The molecule has 0 radical (unpaired) electrons. The molecule has 2 aromatic rings. The van der Waals surface area contributed by atoms with Gasteiger partial charge in [0.05, 0.1) is 4.90 Å². The van der Waals surface area contributed by atoms with Crippen LogP contribution in [0.3, 0.4) is 0 Å². The Morgan fingerprint density at radius 3 is 2.26 bits per heavy atom. The summed E-state index contributed by atoms with van der Waals surface area (Å²) in [6.45, 7) is 6.18. The fourth-order valence-corrected chi connectivity index (χ4v) is 6.49. The van der Waals surface area contributed by atoms with Crippen molar-refractivity contribution < 1.29 is 21.6 Å². The molecule has 1 fully saturated rings. The first-order valence-electron chi connectivity index (χ1n) is 11.7. The second-order valence-electron chi connectivity index (χ2n) is 9.03. The first-order valence-corrected chi connectivity index (χ1v) is 14.7. The van der Waals surface area contributed by atoms with E-state index in [1.165, 1.54) is 22.5 Å². The number of nitrogens with one attached hydrogen (secondary N) is 2. The van der Waals surface area contributed by atoms with E-state index in [0.29, 0.717) is 29.9 Å². The Hall–Kier alpha value is -2.53. The molecule has 10 heteroatoms. The van der Waals surface area contributed by atoms with E-state index < -0.39 is 32.0 Å². The summed E-state index contributed by atoms with van der Waals surface area (Å²) in [6, 6.07) is 12.5. The standard InChI is InChI=1S/C25H33N3O5S2/c1-19(2)24(27-34(30,31)17-14-21-10-6-4-7-11-21)25(29)26-23-18-22(13-12-20(23)3)35(32,33)28-15-8-5-9-16-28/h4,6-7,10-14,17-19,24,27H,5,8-9,15-16H2,1-3H3,(H,26,29)/t24-/m0/s1. The van der Waals surface area contributed by atoms with Crippen LogP contribution >= 0.6 is 0 Å². The smallest absolute Gasteiger partial charge is 0.243 e. The molecule has 35 heavy (non-hydrogen) atoms. The number of carbonyl (C=O) groups is 1. The average Bonchev–Trinajstić information content (AvgIpc) is 2.83. The van der Waals surface area contributed by atoms with E-state index in [2.05, 4.69) is 10.0 Å². The summed E-state index contributed by atoms with van der Waals surface area (Å²) in [4.78, 5) is 13.2. The minimum absolute atomic E-state index is 0.104. The zero-order valence-corrected chi connectivity index (χ0v) is 21.9. The number of carbonyl (C=O) groups excluding carboxylic acids is 1. The van der Waals surface area contributed by atoms with Crippen molar-refractivity contribution in [1.29, 1.82) is 0 Å². The molecule has 0 spiro atoms. The van der Waals surface area contributed by atoms with E-state index in [-0.39, 0.29) is 10.8 Å². The van der Waals surface area contributed by atoms with Crippen molar-refractivity contribution in [3.63, 3.8) is 0 Å². The van der Waals surface area contributed by atoms with Crippen molar-refractivity contribution >= 4 is 37.7 Å². The van der Waals surface area contributed by atoms with Crippen molar-refractivity contribution in [1.82, 2.24) is 9.03 Å². The van der Waals surface area contributed by atoms with Gasteiger partial charge in [-0.15, -0.1) is 0 Å². The first kappa shape index (κ1) is 27.1. The largest absolute Gasteiger partial charge is 0.324 e. The average molecular weight is 520 g/mol. The highest BCUT2D eigenvalue weighted by Gasteiger charge is 2.29. The number of piperidine rings is 1. The van der Waals surface area contributed by atoms with Gasteiger partial charge in [0.25, 0.3) is 0 Å². The lowest BCUT2D eigenvalue weighted by atomic mass is 10.0. The molecule has 1 atom stereocenters. The molecule has 2 aromatic carbocycles. The van der Waals surface area contributed by atoms with Gasteiger partial charge < -0.3 is 5.32 Å². The summed E-state index contributed by atoms with van der Waals surface area (Å²) >= 11 is 0. The molecule has 0 aromatic heterocycles. The highest BCUT2D eigenvalue weighted by atomic mass is 32.2. The normalized spacial score (nSPS) is 16.5. The Labute approximate surface area is 208 Å². The maximum absolute atomic E-state index is 13.1. The molecule has 1 heterocycles. The van der Waals surface area contributed by atoms with E-state index >= 15 is 0 Å². The lowest BCUT2D eigenvalue weighted by Crippen LogP contribution is -2.46. The van der Waals surface area contributed by atoms with Gasteiger partial charge in [0.15, 0.2) is 0 Å². The van der Waals surface area contributed by atoms with Crippen LogP contribution in [0.2, 0.25) is 0 Å². The Kier molecular flexibility index (Phi) is 8.87. The molecule has 190 valence electrons.